The number of rotatable bonds is 3. The van der Waals surface area contributed by atoms with E-state index in [1.807, 2.05) is 17.0 Å². The Morgan fingerprint density at radius 3 is 2.76 bits per heavy atom. The fourth-order valence-corrected chi connectivity index (χ4v) is 3.18. The van der Waals surface area contributed by atoms with Crippen LogP contribution in [0.25, 0.3) is 0 Å². The van der Waals surface area contributed by atoms with Crippen LogP contribution in [0.5, 0.6) is 0 Å². The third-order valence-electron chi connectivity index (χ3n) is 4.41. The highest BCUT2D eigenvalue weighted by Gasteiger charge is 2.27. The molecule has 1 aliphatic rings. The van der Waals surface area contributed by atoms with Crippen molar-refractivity contribution in [3.8, 4) is 0 Å². The number of benzene rings is 1. The summed E-state index contributed by atoms with van der Waals surface area (Å²) in [5.41, 5.74) is 1.45. The molecule has 1 fully saturated rings. The Balaban J connectivity index is 1.80. The van der Waals surface area contributed by atoms with Gasteiger partial charge in [0.25, 0.3) is 5.69 Å². The van der Waals surface area contributed by atoms with E-state index >= 15 is 0 Å². The number of hydrogen-bond acceptors (Lipinski definition) is 4. The number of aromatic nitrogens is 1. The average Bonchev–Trinajstić information content (AvgIpc) is 2.88. The summed E-state index contributed by atoms with van der Waals surface area (Å²) in [5, 5.41) is 13.7. The van der Waals surface area contributed by atoms with Crippen molar-refractivity contribution in [3.05, 3.63) is 64.5 Å². The van der Waals surface area contributed by atoms with Gasteiger partial charge in [0.2, 0.25) is 0 Å². The summed E-state index contributed by atoms with van der Waals surface area (Å²) in [4.78, 5) is 29.1. The van der Waals surface area contributed by atoms with Gasteiger partial charge in [-0.05, 0) is 36.6 Å². The fourth-order valence-electron chi connectivity index (χ4n) is 3.18. The van der Waals surface area contributed by atoms with Gasteiger partial charge >= 0.3 is 6.03 Å². The molecule has 1 unspecified atom stereocenters. The van der Waals surface area contributed by atoms with Crippen LogP contribution in [0.1, 0.15) is 37.3 Å². The lowest BCUT2D eigenvalue weighted by Gasteiger charge is -2.30. The maximum absolute atomic E-state index is 12.8. The summed E-state index contributed by atoms with van der Waals surface area (Å²) in [7, 11) is 0. The number of nitrogens with one attached hydrogen (secondary N) is 1. The molecular weight excluding hydrogens is 320 g/mol. The number of hydrogen-bond donors (Lipinski definition) is 1. The van der Waals surface area contributed by atoms with Crippen molar-refractivity contribution in [2.75, 3.05) is 11.9 Å². The second-order valence-corrected chi connectivity index (χ2v) is 6.08. The molecule has 0 spiro atoms. The highest BCUT2D eigenvalue weighted by molar-refractivity contribution is 5.90. The predicted octanol–water partition coefficient (Wildman–Crippen LogP) is 4.14. The van der Waals surface area contributed by atoms with Crippen LogP contribution in [0, 0.1) is 10.1 Å². The standard InChI is InChI=1S/C18H20N4O3/c23-18(20-15-5-4-6-16(13-15)22(24)25)21-12-3-1-2-7-17(21)14-8-10-19-11-9-14/h4-6,8-11,13,17H,1-3,7,12H2,(H,20,23). The van der Waals surface area contributed by atoms with E-state index in [4.69, 9.17) is 0 Å². The largest absolute Gasteiger partial charge is 0.322 e. The number of amides is 2. The van der Waals surface area contributed by atoms with Gasteiger partial charge in [-0.2, -0.15) is 0 Å². The van der Waals surface area contributed by atoms with E-state index in [1.165, 1.54) is 12.1 Å². The minimum atomic E-state index is -0.471. The first-order chi connectivity index (χ1) is 12.1. The highest BCUT2D eigenvalue weighted by atomic mass is 16.6. The maximum Gasteiger partial charge on any atom is 0.322 e. The van der Waals surface area contributed by atoms with Crippen molar-refractivity contribution >= 4 is 17.4 Å². The molecule has 1 N–H and O–H groups in total. The molecule has 7 nitrogen and oxygen atoms in total. The molecule has 0 radical (unpaired) electrons. The molecule has 0 aliphatic carbocycles. The number of non-ortho nitro benzene ring substituents is 1. The molecule has 1 atom stereocenters. The first kappa shape index (κ1) is 16.9. The van der Waals surface area contributed by atoms with E-state index in [0.29, 0.717) is 12.2 Å². The van der Waals surface area contributed by atoms with Crippen LogP contribution < -0.4 is 5.32 Å². The minimum Gasteiger partial charge on any atom is -0.317 e. The van der Waals surface area contributed by atoms with Gasteiger partial charge in [0.15, 0.2) is 0 Å². The van der Waals surface area contributed by atoms with Gasteiger partial charge in [0.1, 0.15) is 0 Å². The van der Waals surface area contributed by atoms with Crippen molar-refractivity contribution in [1.82, 2.24) is 9.88 Å². The lowest BCUT2D eigenvalue weighted by molar-refractivity contribution is -0.384. The van der Waals surface area contributed by atoms with E-state index in [2.05, 4.69) is 10.3 Å². The van der Waals surface area contributed by atoms with E-state index in [0.717, 1.165) is 31.2 Å². The fraction of sp³-hybridized carbons (Fsp3) is 0.333. The number of nitrogens with zero attached hydrogens (tertiary/aromatic N) is 3. The molecule has 2 aromatic rings. The Kier molecular flexibility index (Phi) is 5.23. The van der Waals surface area contributed by atoms with Crippen molar-refractivity contribution in [2.45, 2.75) is 31.7 Å². The monoisotopic (exact) mass is 340 g/mol. The number of nitro groups is 1. The highest BCUT2D eigenvalue weighted by Crippen LogP contribution is 2.30. The molecule has 25 heavy (non-hydrogen) atoms. The van der Waals surface area contributed by atoms with Gasteiger partial charge in [0.05, 0.1) is 11.0 Å². The minimum absolute atomic E-state index is 0.0100. The molecule has 0 bridgehead atoms. The SMILES string of the molecule is O=C(Nc1cccc([N+](=O)[O-])c1)N1CCCCCC1c1ccncc1. The predicted molar refractivity (Wildman–Crippen MR) is 94.3 cm³/mol. The molecule has 1 saturated heterocycles. The van der Waals surface area contributed by atoms with Gasteiger partial charge in [-0.3, -0.25) is 15.1 Å². The first-order valence-corrected chi connectivity index (χ1v) is 8.37. The average molecular weight is 340 g/mol. The third-order valence-corrected chi connectivity index (χ3v) is 4.41. The van der Waals surface area contributed by atoms with Crippen LogP contribution in [0.4, 0.5) is 16.2 Å². The van der Waals surface area contributed by atoms with Crippen molar-refractivity contribution in [2.24, 2.45) is 0 Å². The normalized spacial score (nSPS) is 17.6. The lowest BCUT2D eigenvalue weighted by atomic mass is 10.0. The quantitative estimate of drug-likeness (QED) is 0.672. The number of carbonyl (C=O) groups excluding carboxylic acids is 1. The van der Waals surface area contributed by atoms with Gasteiger partial charge in [-0.25, -0.2) is 4.79 Å². The number of pyridine rings is 1. The summed E-state index contributed by atoms with van der Waals surface area (Å²) in [5.74, 6) is 0. The Morgan fingerprint density at radius 1 is 1.20 bits per heavy atom. The summed E-state index contributed by atoms with van der Waals surface area (Å²) in [6, 6.07) is 9.63. The Labute approximate surface area is 145 Å². The molecule has 1 aliphatic heterocycles. The molecule has 0 saturated carbocycles. The lowest BCUT2D eigenvalue weighted by Crippen LogP contribution is -2.38. The molecule has 2 amide bonds. The second kappa shape index (κ2) is 7.74. The van der Waals surface area contributed by atoms with Gasteiger partial charge in [0, 0.05) is 36.8 Å². The van der Waals surface area contributed by atoms with Crippen molar-refractivity contribution in [1.29, 1.82) is 0 Å². The van der Waals surface area contributed by atoms with Crippen molar-refractivity contribution in [3.63, 3.8) is 0 Å². The van der Waals surface area contributed by atoms with Gasteiger partial charge in [-0.1, -0.05) is 18.9 Å². The van der Waals surface area contributed by atoms with Crippen molar-refractivity contribution < 1.29 is 9.72 Å². The summed E-state index contributed by atoms with van der Waals surface area (Å²) < 4.78 is 0. The molecular formula is C18H20N4O3. The van der Waals surface area contributed by atoms with Crippen LogP contribution in [-0.2, 0) is 0 Å². The third kappa shape index (κ3) is 4.12. The van der Waals surface area contributed by atoms with Gasteiger partial charge < -0.3 is 10.2 Å². The van der Waals surface area contributed by atoms with Crippen LogP contribution in [0.2, 0.25) is 0 Å². The molecule has 1 aromatic heterocycles. The van der Waals surface area contributed by atoms with Gasteiger partial charge in [-0.15, -0.1) is 0 Å². The Morgan fingerprint density at radius 2 is 2.00 bits per heavy atom. The zero-order valence-electron chi connectivity index (χ0n) is 13.8. The zero-order valence-corrected chi connectivity index (χ0v) is 13.8. The summed E-state index contributed by atoms with van der Waals surface area (Å²) in [6.45, 7) is 0.660. The summed E-state index contributed by atoms with van der Waals surface area (Å²) in [6.07, 6.45) is 7.46. The van der Waals surface area contributed by atoms with Crippen LogP contribution >= 0.6 is 0 Å². The first-order valence-electron chi connectivity index (χ1n) is 8.37. The Hall–Kier alpha value is -2.96. The Bertz CT molecular complexity index is 751. The molecule has 7 heteroatoms. The molecule has 130 valence electrons. The number of nitro benzene ring substituents is 1. The molecule has 2 heterocycles. The number of carbonyl (C=O) groups is 1. The van der Waals surface area contributed by atoms with E-state index in [9.17, 15) is 14.9 Å². The summed E-state index contributed by atoms with van der Waals surface area (Å²) >= 11 is 0. The number of likely N-dealkylation sites (tertiary alicyclic amines) is 1. The smallest absolute Gasteiger partial charge is 0.317 e. The molecule has 1 aromatic carbocycles. The molecule has 3 rings (SSSR count). The van der Waals surface area contributed by atoms with E-state index in [1.54, 1.807) is 24.5 Å². The van der Waals surface area contributed by atoms with Crippen LogP contribution in [0.15, 0.2) is 48.8 Å². The second-order valence-electron chi connectivity index (χ2n) is 6.08. The number of anilines is 1. The number of urea groups is 1. The maximum atomic E-state index is 12.8. The van der Waals surface area contributed by atoms with Crippen LogP contribution in [-0.4, -0.2) is 27.4 Å². The topological polar surface area (TPSA) is 88.4 Å². The van der Waals surface area contributed by atoms with E-state index in [-0.39, 0.29) is 17.8 Å². The zero-order chi connectivity index (χ0) is 17.6. The van der Waals surface area contributed by atoms with Crippen LogP contribution in [0.3, 0.4) is 0 Å². The van der Waals surface area contributed by atoms with E-state index < -0.39 is 4.92 Å².